The van der Waals surface area contributed by atoms with E-state index in [9.17, 15) is 18.0 Å². The first-order chi connectivity index (χ1) is 12.7. The first-order valence-electron chi connectivity index (χ1n) is 9.60. The fraction of sp³-hybridized carbons (Fsp3) is 0.850. The molecule has 1 N–H and O–H groups in total. The molecule has 0 radical (unpaired) electrons. The smallest absolute Gasteiger partial charge is 0.308 e. The first-order valence-corrected chi connectivity index (χ1v) is 11.6. The lowest BCUT2D eigenvalue weighted by atomic mass is 10.2. The number of hydrogen-bond acceptors (Lipinski definition) is 6. The fourth-order valence-corrected chi connectivity index (χ4v) is 0.524. The zero-order valence-corrected chi connectivity index (χ0v) is 21.5. The van der Waals surface area contributed by atoms with E-state index in [2.05, 4.69) is 10.1 Å². The zero-order valence-electron chi connectivity index (χ0n) is 20.7. The molecule has 0 aliphatic heterocycles. The van der Waals surface area contributed by atoms with Gasteiger partial charge in [-0.15, -0.1) is 0 Å². The molecule has 8 heteroatoms. The van der Waals surface area contributed by atoms with E-state index in [1.807, 2.05) is 41.5 Å². The summed E-state index contributed by atoms with van der Waals surface area (Å²) in [6.45, 7) is 20.1. The van der Waals surface area contributed by atoms with Crippen LogP contribution in [0.1, 0.15) is 76.2 Å². The van der Waals surface area contributed by atoms with E-state index in [0.717, 1.165) is 6.29 Å². The van der Waals surface area contributed by atoms with Crippen LogP contribution in [0.25, 0.3) is 0 Å². The van der Waals surface area contributed by atoms with Crippen molar-refractivity contribution in [3.63, 3.8) is 0 Å². The standard InChI is InChI=1S/C5H11NO.C5H10O2.C4H10O2S.C2H4O.2C2H6/c1-4(2)5(7)6-3;1-4(2)5(6)7-3;1-4(2)7(3,5)6;1-2-3;2*1-2/h4H,1-3H3,(H,6,7);2*4H,1-3H3;2H,1H3;2*1-2H3. The molecular formula is C20H47NO6S. The molecule has 0 bridgehead atoms. The summed E-state index contributed by atoms with van der Waals surface area (Å²) in [4.78, 5) is 29.5. The summed E-state index contributed by atoms with van der Waals surface area (Å²) in [6.07, 6.45) is 1.98. The summed E-state index contributed by atoms with van der Waals surface area (Å²) in [5.41, 5.74) is 0. The third kappa shape index (κ3) is 49.7. The van der Waals surface area contributed by atoms with Crippen molar-refractivity contribution in [2.75, 3.05) is 20.4 Å². The minimum absolute atomic E-state index is 0.00463. The number of esters is 1. The summed E-state index contributed by atoms with van der Waals surface area (Å²) >= 11 is 0. The third-order valence-corrected chi connectivity index (χ3v) is 4.01. The highest BCUT2D eigenvalue weighted by molar-refractivity contribution is 7.91. The maximum atomic E-state index is 10.4. The molecule has 174 valence electrons. The molecule has 0 spiro atoms. The second kappa shape index (κ2) is 30.3. The predicted molar refractivity (Wildman–Crippen MR) is 120 cm³/mol. The van der Waals surface area contributed by atoms with Gasteiger partial charge in [0.25, 0.3) is 0 Å². The van der Waals surface area contributed by atoms with Gasteiger partial charge in [0.2, 0.25) is 5.91 Å². The van der Waals surface area contributed by atoms with Gasteiger partial charge in [-0.2, -0.15) is 0 Å². The normalized spacial score (nSPS) is 8.61. The highest BCUT2D eigenvalue weighted by Crippen LogP contribution is 1.93. The molecule has 0 unspecified atom stereocenters. The van der Waals surface area contributed by atoms with Gasteiger partial charge in [0.15, 0.2) is 0 Å². The molecule has 0 aliphatic carbocycles. The number of aldehydes is 1. The molecule has 0 atom stereocenters. The molecule has 1 amide bonds. The highest BCUT2D eigenvalue weighted by atomic mass is 32.2. The predicted octanol–water partition coefficient (Wildman–Crippen LogP) is 3.90. The van der Waals surface area contributed by atoms with Gasteiger partial charge < -0.3 is 14.8 Å². The van der Waals surface area contributed by atoms with Gasteiger partial charge in [0, 0.05) is 19.2 Å². The summed E-state index contributed by atoms with van der Waals surface area (Å²) in [5, 5.41) is 2.30. The van der Waals surface area contributed by atoms with Crippen molar-refractivity contribution in [2.24, 2.45) is 11.8 Å². The van der Waals surface area contributed by atoms with Crippen LogP contribution < -0.4 is 5.32 Å². The molecule has 0 saturated carbocycles. The van der Waals surface area contributed by atoms with Crippen molar-refractivity contribution < 1.29 is 27.5 Å². The lowest BCUT2D eigenvalue weighted by molar-refractivity contribution is -0.144. The number of ether oxygens (including phenoxy) is 1. The number of amides is 1. The van der Waals surface area contributed by atoms with Gasteiger partial charge in [0.05, 0.1) is 18.3 Å². The van der Waals surface area contributed by atoms with Gasteiger partial charge in [-0.3, -0.25) is 9.59 Å². The van der Waals surface area contributed by atoms with Gasteiger partial charge in [-0.1, -0.05) is 55.4 Å². The molecule has 0 aromatic rings. The summed E-state index contributed by atoms with van der Waals surface area (Å²) in [6, 6.07) is 0. The van der Waals surface area contributed by atoms with E-state index in [4.69, 9.17) is 4.79 Å². The quantitative estimate of drug-likeness (QED) is 0.538. The lowest BCUT2D eigenvalue weighted by Gasteiger charge is -1.98. The molecule has 0 saturated heterocycles. The monoisotopic (exact) mass is 429 g/mol. The molecule has 0 aromatic carbocycles. The zero-order chi connectivity index (χ0) is 24.5. The Morgan fingerprint density at radius 3 is 1.14 bits per heavy atom. The van der Waals surface area contributed by atoms with E-state index in [1.165, 1.54) is 20.3 Å². The minimum atomic E-state index is -2.74. The number of carbonyl (C=O) groups is 3. The summed E-state index contributed by atoms with van der Waals surface area (Å²) < 4.78 is 25.0. The van der Waals surface area contributed by atoms with Crippen LogP contribution >= 0.6 is 0 Å². The molecule has 7 nitrogen and oxygen atoms in total. The molecule has 0 rings (SSSR count). The number of rotatable bonds is 3. The average molecular weight is 430 g/mol. The van der Waals surface area contributed by atoms with E-state index in [1.54, 1.807) is 34.7 Å². The van der Waals surface area contributed by atoms with Crippen molar-refractivity contribution in [3.8, 4) is 0 Å². The second-order valence-corrected chi connectivity index (χ2v) is 8.16. The number of hydrogen-bond donors (Lipinski definition) is 1. The Morgan fingerprint density at radius 2 is 1.14 bits per heavy atom. The Bertz CT molecular complexity index is 410. The van der Waals surface area contributed by atoms with Crippen LogP contribution in [0.5, 0.6) is 0 Å². The van der Waals surface area contributed by atoms with Gasteiger partial charge in [-0.25, -0.2) is 8.42 Å². The maximum absolute atomic E-state index is 10.4. The molecule has 0 fully saturated rings. The van der Waals surface area contributed by atoms with Crippen LogP contribution in [0, 0.1) is 11.8 Å². The van der Waals surface area contributed by atoms with Crippen molar-refractivity contribution in [3.05, 3.63) is 0 Å². The Labute approximate surface area is 174 Å². The highest BCUT2D eigenvalue weighted by Gasteiger charge is 2.05. The van der Waals surface area contributed by atoms with Crippen molar-refractivity contribution in [1.29, 1.82) is 0 Å². The molecule has 0 aromatic heterocycles. The van der Waals surface area contributed by atoms with Crippen molar-refractivity contribution in [1.82, 2.24) is 5.32 Å². The SMILES string of the molecule is CC.CC.CC(C)S(C)(=O)=O.CC=O.CNC(=O)C(C)C.COC(=O)C(C)C. The van der Waals surface area contributed by atoms with Gasteiger partial charge in [0.1, 0.15) is 16.1 Å². The minimum Gasteiger partial charge on any atom is -0.469 e. The molecule has 0 aliphatic rings. The van der Waals surface area contributed by atoms with E-state index < -0.39 is 9.84 Å². The van der Waals surface area contributed by atoms with Crippen molar-refractivity contribution in [2.45, 2.75) is 81.4 Å². The summed E-state index contributed by atoms with van der Waals surface area (Å²) in [7, 11) is 0.292. The third-order valence-electron chi connectivity index (χ3n) is 2.30. The molecule has 28 heavy (non-hydrogen) atoms. The van der Waals surface area contributed by atoms with E-state index in [-0.39, 0.29) is 29.0 Å². The van der Waals surface area contributed by atoms with Crippen LogP contribution in [0.15, 0.2) is 0 Å². The van der Waals surface area contributed by atoms with Crippen LogP contribution in [0.2, 0.25) is 0 Å². The molecular weight excluding hydrogens is 382 g/mol. The summed E-state index contributed by atoms with van der Waals surface area (Å²) in [5.74, 6) is 0.0648. The van der Waals surface area contributed by atoms with Crippen molar-refractivity contribution >= 4 is 28.0 Å². The number of sulfone groups is 1. The number of carbonyl (C=O) groups excluding carboxylic acids is 3. The molecule has 0 heterocycles. The Balaban J connectivity index is -0.0000000558. The average Bonchev–Trinajstić information content (AvgIpc) is 2.64. The fourth-order valence-electron chi connectivity index (χ4n) is 0.524. The maximum Gasteiger partial charge on any atom is 0.308 e. The number of nitrogens with one attached hydrogen (secondary N) is 1. The first kappa shape index (κ1) is 41.0. The Morgan fingerprint density at radius 1 is 0.893 bits per heavy atom. The largest absolute Gasteiger partial charge is 0.469 e. The van der Waals surface area contributed by atoms with E-state index in [0.29, 0.717) is 0 Å². The van der Waals surface area contributed by atoms with E-state index >= 15 is 0 Å². The van der Waals surface area contributed by atoms with Gasteiger partial charge in [-0.05, 0) is 20.8 Å². The van der Waals surface area contributed by atoms with Gasteiger partial charge >= 0.3 is 5.97 Å². The lowest BCUT2D eigenvalue weighted by Crippen LogP contribution is -2.22. The van der Waals surface area contributed by atoms with Crippen LogP contribution in [-0.4, -0.2) is 52.2 Å². The van der Waals surface area contributed by atoms with Crippen LogP contribution in [0.4, 0.5) is 0 Å². The van der Waals surface area contributed by atoms with Crippen LogP contribution in [-0.2, 0) is 29.0 Å². The Hall–Kier alpha value is -1.44. The number of methoxy groups -OCH3 is 1. The Kier molecular flexibility index (Phi) is 44.4. The second-order valence-electron chi connectivity index (χ2n) is 5.56. The van der Waals surface area contributed by atoms with Crippen LogP contribution in [0.3, 0.4) is 0 Å². The topological polar surface area (TPSA) is 107 Å².